The number of aromatic nitrogens is 6. The normalized spacial score (nSPS) is 16.1. The minimum absolute atomic E-state index is 0.221. The maximum absolute atomic E-state index is 13.8. The average Bonchev–Trinajstić information content (AvgIpc) is 3.44. The molecule has 9 heteroatoms. The standard InChI is InChI=1S/C27H27FN8/c1-18(15-35-19(2)31-22-7-3-4-8-23(22)35)34-13-5-6-21(17-34)32-25-11-12-29-27(33-25)24-14-30-26-10-9-20(28)16-36(24)26/h3-4,7-12,14,16,21H,1,5-6,13,15,17H2,2H3,(H,29,32,33)/t21-/m1/s1. The number of para-hydroxylation sites is 2. The van der Waals surface area contributed by atoms with Gasteiger partial charge in [0.15, 0.2) is 5.82 Å². The Bertz CT molecular complexity index is 1570. The maximum Gasteiger partial charge on any atom is 0.180 e. The first kappa shape index (κ1) is 22.2. The Hall–Kier alpha value is -4.27. The summed E-state index contributed by atoms with van der Waals surface area (Å²) in [6, 6.07) is 13.3. The van der Waals surface area contributed by atoms with Gasteiger partial charge in [0.2, 0.25) is 0 Å². The fourth-order valence-electron chi connectivity index (χ4n) is 4.95. The molecule has 0 aliphatic carbocycles. The third-order valence-electron chi connectivity index (χ3n) is 6.76. The second-order valence-electron chi connectivity index (χ2n) is 9.21. The van der Waals surface area contributed by atoms with Crippen molar-refractivity contribution in [2.45, 2.75) is 32.4 Å². The summed E-state index contributed by atoms with van der Waals surface area (Å²) >= 11 is 0. The highest BCUT2D eigenvalue weighted by molar-refractivity contribution is 5.75. The van der Waals surface area contributed by atoms with Crippen LogP contribution in [0.5, 0.6) is 0 Å². The Morgan fingerprint density at radius 1 is 1.14 bits per heavy atom. The number of aryl methyl sites for hydroxylation is 1. The second-order valence-corrected chi connectivity index (χ2v) is 9.21. The number of nitrogens with zero attached hydrogens (tertiary/aromatic N) is 7. The van der Waals surface area contributed by atoms with Gasteiger partial charge in [0.05, 0.1) is 23.8 Å². The SMILES string of the molecule is C=C(Cn1c(C)nc2ccccc21)N1CCC[C@@H](Nc2ccnc(-c3cnc4ccc(F)cn34)n2)C1. The zero-order valence-electron chi connectivity index (χ0n) is 20.1. The number of fused-ring (bicyclic) bond motifs is 2. The minimum atomic E-state index is -0.336. The molecular formula is C27H27FN8. The zero-order chi connectivity index (χ0) is 24.6. The number of pyridine rings is 1. The van der Waals surface area contributed by atoms with E-state index in [2.05, 4.69) is 42.4 Å². The van der Waals surface area contributed by atoms with Gasteiger partial charge in [-0.1, -0.05) is 18.7 Å². The van der Waals surface area contributed by atoms with Crippen LogP contribution in [-0.4, -0.2) is 52.9 Å². The van der Waals surface area contributed by atoms with Gasteiger partial charge in [0.1, 0.15) is 28.8 Å². The van der Waals surface area contributed by atoms with Gasteiger partial charge in [-0.2, -0.15) is 0 Å². The summed E-state index contributed by atoms with van der Waals surface area (Å²) in [6.45, 7) is 8.98. The van der Waals surface area contributed by atoms with Gasteiger partial charge < -0.3 is 14.8 Å². The monoisotopic (exact) mass is 482 g/mol. The van der Waals surface area contributed by atoms with Crippen molar-refractivity contribution >= 4 is 22.5 Å². The molecule has 0 amide bonds. The molecule has 0 bridgehead atoms. The summed E-state index contributed by atoms with van der Waals surface area (Å²) in [7, 11) is 0. The topological polar surface area (TPSA) is 76.2 Å². The Morgan fingerprint density at radius 2 is 2.03 bits per heavy atom. The van der Waals surface area contributed by atoms with E-state index in [-0.39, 0.29) is 11.9 Å². The van der Waals surface area contributed by atoms with Crippen molar-refractivity contribution in [2.24, 2.45) is 0 Å². The lowest BCUT2D eigenvalue weighted by Gasteiger charge is -2.36. The van der Waals surface area contributed by atoms with Gasteiger partial charge in [0.25, 0.3) is 0 Å². The molecule has 0 spiro atoms. The molecule has 1 fully saturated rings. The molecule has 5 heterocycles. The molecule has 5 aromatic rings. The van der Waals surface area contributed by atoms with Gasteiger partial charge in [-0.3, -0.25) is 4.40 Å². The van der Waals surface area contributed by atoms with E-state index in [0.29, 0.717) is 23.7 Å². The quantitative estimate of drug-likeness (QED) is 0.379. The van der Waals surface area contributed by atoms with Crippen molar-refractivity contribution in [3.63, 3.8) is 0 Å². The minimum Gasteiger partial charge on any atom is -0.372 e. The largest absolute Gasteiger partial charge is 0.372 e. The Morgan fingerprint density at radius 3 is 2.94 bits per heavy atom. The molecule has 36 heavy (non-hydrogen) atoms. The number of rotatable bonds is 6. The van der Waals surface area contributed by atoms with Crippen molar-refractivity contribution < 1.29 is 4.39 Å². The van der Waals surface area contributed by atoms with Gasteiger partial charge in [-0.05, 0) is 50.1 Å². The molecule has 1 N–H and O–H groups in total. The van der Waals surface area contributed by atoms with Gasteiger partial charge >= 0.3 is 0 Å². The van der Waals surface area contributed by atoms with E-state index in [4.69, 9.17) is 4.98 Å². The number of hydrogen-bond donors (Lipinski definition) is 1. The van der Waals surface area contributed by atoms with Crippen LogP contribution in [0.3, 0.4) is 0 Å². The number of allylic oxidation sites excluding steroid dienone is 1. The summed E-state index contributed by atoms with van der Waals surface area (Å²) in [5, 5.41) is 3.57. The predicted octanol–water partition coefficient (Wildman–Crippen LogP) is 4.68. The molecular weight excluding hydrogens is 455 g/mol. The van der Waals surface area contributed by atoms with Crippen LogP contribution in [0, 0.1) is 12.7 Å². The highest BCUT2D eigenvalue weighted by Gasteiger charge is 2.22. The van der Waals surface area contributed by atoms with E-state index >= 15 is 0 Å². The van der Waals surface area contributed by atoms with Crippen molar-refractivity contribution in [1.82, 2.24) is 33.8 Å². The summed E-state index contributed by atoms with van der Waals surface area (Å²) in [5.74, 6) is 1.89. The first-order valence-electron chi connectivity index (χ1n) is 12.1. The van der Waals surface area contributed by atoms with Gasteiger partial charge in [0, 0.05) is 37.2 Å². The van der Waals surface area contributed by atoms with E-state index in [1.807, 2.05) is 31.2 Å². The lowest BCUT2D eigenvalue weighted by molar-refractivity contribution is 0.258. The average molecular weight is 483 g/mol. The highest BCUT2D eigenvalue weighted by atomic mass is 19.1. The Kier molecular flexibility index (Phi) is 5.59. The summed E-state index contributed by atoms with van der Waals surface area (Å²) in [6.07, 6.45) is 6.89. The van der Waals surface area contributed by atoms with Crippen LogP contribution in [-0.2, 0) is 6.54 Å². The third kappa shape index (κ3) is 4.17. The van der Waals surface area contributed by atoms with Crippen LogP contribution in [0.1, 0.15) is 18.7 Å². The lowest BCUT2D eigenvalue weighted by Crippen LogP contribution is -2.42. The first-order valence-corrected chi connectivity index (χ1v) is 12.1. The van der Waals surface area contributed by atoms with Crippen LogP contribution in [0.2, 0.25) is 0 Å². The molecule has 4 aromatic heterocycles. The van der Waals surface area contributed by atoms with Crippen LogP contribution in [0.4, 0.5) is 10.2 Å². The van der Waals surface area contributed by atoms with Crippen molar-refractivity contribution in [2.75, 3.05) is 18.4 Å². The molecule has 1 aliphatic heterocycles. The highest BCUT2D eigenvalue weighted by Crippen LogP contribution is 2.23. The first-order chi connectivity index (χ1) is 17.5. The number of hydrogen-bond acceptors (Lipinski definition) is 6. The molecule has 0 radical (unpaired) electrons. The van der Waals surface area contributed by atoms with Crippen LogP contribution < -0.4 is 5.32 Å². The molecule has 8 nitrogen and oxygen atoms in total. The second kappa shape index (κ2) is 9.07. The van der Waals surface area contributed by atoms with E-state index in [9.17, 15) is 4.39 Å². The molecule has 1 aromatic carbocycles. The summed E-state index contributed by atoms with van der Waals surface area (Å²) in [4.78, 5) is 20.5. The molecule has 182 valence electrons. The van der Waals surface area contributed by atoms with Gasteiger partial charge in [-0.25, -0.2) is 24.3 Å². The van der Waals surface area contributed by atoms with Gasteiger partial charge in [-0.15, -0.1) is 0 Å². The van der Waals surface area contributed by atoms with E-state index < -0.39 is 0 Å². The molecule has 1 atom stereocenters. The zero-order valence-corrected chi connectivity index (χ0v) is 20.1. The van der Waals surface area contributed by atoms with E-state index in [0.717, 1.165) is 54.3 Å². The number of likely N-dealkylation sites (tertiary alicyclic amines) is 1. The van der Waals surface area contributed by atoms with Crippen LogP contribution in [0.25, 0.3) is 28.2 Å². The van der Waals surface area contributed by atoms with Crippen molar-refractivity contribution in [3.8, 4) is 11.5 Å². The smallest absolute Gasteiger partial charge is 0.180 e. The number of halogens is 1. The molecule has 0 saturated carbocycles. The third-order valence-corrected chi connectivity index (χ3v) is 6.76. The van der Waals surface area contributed by atoms with E-state index in [1.54, 1.807) is 22.9 Å². The molecule has 6 rings (SSSR count). The Labute approximate surface area is 208 Å². The fourth-order valence-corrected chi connectivity index (χ4v) is 4.95. The predicted molar refractivity (Wildman–Crippen MR) is 138 cm³/mol. The number of benzene rings is 1. The Balaban J connectivity index is 1.17. The molecule has 1 aliphatic rings. The fraction of sp³-hybridized carbons (Fsp3) is 0.259. The maximum atomic E-state index is 13.8. The van der Waals surface area contributed by atoms with Crippen LogP contribution in [0.15, 0.2) is 73.3 Å². The summed E-state index contributed by atoms with van der Waals surface area (Å²) in [5.41, 5.74) is 4.51. The number of piperidine rings is 1. The van der Waals surface area contributed by atoms with Crippen molar-refractivity contribution in [1.29, 1.82) is 0 Å². The number of imidazole rings is 2. The molecule has 1 saturated heterocycles. The number of nitrogens with one attached hydrogen (secondary N) is 1. The lowest BCUT2D eigenvalue weighted by atomic mass is 10.1. The van der Waals surface area contributed by atoms with Crippen molar-refractivity contribution in [3.05, 3.63) is 85.0 Å². The van der Waals surface area contributed by atoms with E-state index in [1.165, 1.54) is 12.3 Å². The number of anilines is 1. The van der Waals surface area contributed by atoms with Crippen LogP contribution >= 0.6 is 0 Å². The summed E-state index contributed by atoms with van der Waals surface area (Å²) < 4.78 is 17.7. The molecule has 0 unspecified atom stereocenters.